The first kappa shape index (κ1) is 19.7. The molecule has 0 bridgehead atoms. The number of fused-ring (bicyclic) bond motifs is 2. The highest BCUT2D eigenvalue weighted by atomic mass is 16.5. The number of aromatic nitrogens is 1. The molecule has 1 aliphatic carbocycles. The number of hydrogen-bond donors (Lipinski definition) is 1. The summed E-state index contributed by atoms with van der Waals surface area (Å²) < 4.78 is 5.56. The Bertz CT molecular complexity index is 959. The van der Waals surface area contributed by atoms with Gasteiger partial charge in [0.15, 0.2) is 0 Å². The van der Waals surface area contributed by atoms with Crippen LogP contribution in [0.3, 0.4) is 0 Å². The number of likely N-dealkylation sites (tertiary alicyclic amines) is 2. The van der Waals surface area contributed by atoms with Gasteiger partial charge in [-0.2, -0.15) is 0 Å². The van der Waals surface area contributed by atoms with Gasteiger partial charge in [-0.05, 0) is 87.4 Å². The molecule has 5 nitrogen and oxygen atoms in total. The Labute approximate surface area is 179 Å². The lowest BCUT2D eigenvalue weighted by molar-refractivity contribution is 0.0786. The molecule has 3 heterocycles. The van der Waals surface area contributed by atoms with Crippen LogP contribution in [-0.2, 0) is 18.3 Å². The standard InChI is InChI=1S/C25H33N3O2/c1-17-21-14-19-16-27(2)12-9-25(19,18-7-6-8-20(13-18)30-3)15-22(21)26-23(17)24(29)28-10-4-5-11-28/h6-8,13,19,26H,4-5,9-12,14-16H2,1-3H3. The number of rotatable bonds is 3. The highest BCUT2D eigenvalue weighted by Crippen LogP contribution is 2.49. The molecule has 2 atom stereocenters. The summed E-state index contributed by atoms with van der Waals surface area (Å²) in [5.74, 6) is 1.66. The number of hydrogen-bond acceptors (Lipinski definition) is 3. The predicted molar refractivity (Wildman–Crippen MR) is 118 cm³/mol. The maximum atomic E-state index is 13.2. The Balaban J connectivity index is 1.56. The minimum Gasteiger partial charge on any atom is -0.497 e. The summed E-state index contributed by atoms with van der Waals surface area (Å²) in [4.78, 5) is 21.2. The maximum Gasteiger partial charge on any atom is 0.270 e. The minimum absolute atomic E-state index is 0.0965. The maximum absolute atomic E-state index is 13.2. The quantitative estimate of drug-likeness (QED) is 0.846. The van der Waals surface area contributed by atoms with Crippen LogP contribution in [0.2, 0.25) is 0 Å². The van der Waals surface area contributed by atoms with Crippen molar-refractivity contribution in [2.45, 2.75) is 44.4 Å². The van der Waals surface area contributed by atoms with Crippen LogP contribution >= 0.6 is 0 Å². The number of nitrogens with zero attached hydrogens (tertiary/aromatic N) is 2. The topological polar surface area (TPSA) is 48.6 Å². The van der Waals surface area contributed by atoms with Crippen LogP contribution in [0.15, 0.2) is 24.3 Å². The first-order chi connectivity index (χ1) is 14.5. The van der Waals surface area contributed by atoms with Gasteiger partial charge >= 0.3 is 0 Å². The zero-order valence-electron chi connectivity index (χ0n) is 18.5. The van der Waals surface area contributed by atoms with E-state index in [1.54, 1.807) is 7.11 Å². The summed E-state index contributed by atoms with van der Waals surface area (Å²) in [6.45, 7) is 6.12. The van der Waals surface area contributed by atoms with Crippen molar-refractivity contribution in [2.24, 2.45) is 5.92 Å². The molecule has 1 N–H and O–H groups in total. The summed E-state index contributed by atoms with van der Waals surface area (Å²) in [7, 11) is 3.98. The minimum atomic E-state index is 0.0965. The molecule has 2 fully saturated rings. The van der Waals surface area contributed by atoms with Crippen molar-refractivity contribution in [1.82, 2.24) is 14.8 Å². The molecule has 1 aromatic heterocycles. The number of methoxy groups -OCH3 is 1. The van der Waals surface area contributed by atoms with Gasteiger partial charge in [0.05, 0.1) is 7.11 Å². The van der Waals surface area contributed by atoms with Crippen LogP contribution < -0.4 is 4.74 Å². The van der Waals surface area contributed by atoms with Crippen molar-refractivity contribution in [3.63, 3.8) is 0 Å². The fourth-order valence-corrected chi connectivity index (χ4v) is 6.12. The molecule has 5 heteroatoms. The predicted octanol–water partition coefficient (Wildman–Crippen LogP) is 3.56. The van der Waals surface area contributed by atoms with Crippen molar-refractivity contribution in [2.75, 3.05) is 40.3 Å². The van der Waals surface area contributed by atoms with E-state index in [0.29, 0.717) is 5.92 Å². The molecule has 2 aliphatic heterocycles. The average molecular weight is 408 g/mol. The van der Waals surface area contributed by atoms with Gasteiger partial charge in [0.25, 0.3) is 5.91 Å². The van der Waals surface area contributed by atoms with E-state index in [9.17, 15) is 4.79 Å². The lowest BCUT2D eigenvalue weighted by Crippen LogP contribution is -2.52. The van der Waals surface area contributed by atoms with Crippen molar-refractivity contribution < 1.29 is 9.53 Å². The highest BCUT2D eigenvalue weighted by molar-refractivity contribution is 5.94. The van der Waals surface area contributed by atoms with E-state index in [1.807, 2.05) is 11.0 Å². The number of carbonyl (C=O) groups excluding carboxylic acids is 1. The van der Waals surface area contributed by atoms with Crippen molar-refractivity contribution in [1.29, 1.82) is 0 Å². The van der Waals surface area contributed by atoms with Crippen LogP contribution in [0.5, 0.6) is 5.75 Å². The summed E-state index contributed by atoms with van der Waals surface area (Å²) in [5.41, 5.74) is 6.14. The summed E-state index contributed by atoms with van der Waals surface area (Å²) >= 11 is 0. The van der Waals surface area contributed by atoms with Crippen LogP contribution in [0.25, 0.3) is 0 Å². The van der Waals surface area contributed by atoms with Crippen molar-refractivity contribution >= 4 is 5.91 Å². The normalized spacial score (nSPS) is 26.4. The fraction of sp³-hybridized carbons (Fsp3) is 0.560. The van der Waals surface area contributed by atoms with E-state index in [-0.39, 0.29) is 11.3 Å². The highest BCUT2D eigenvalue weighted by Gasteiger charge is 2.48. The second-order valence-corrected chi connectivity index (χ2v) is 9.56. The molecule has 0 saturated carbocycles. The largest absolute Gasteiger partial charge is 0.497 e. The summed E-state index contributed by atoms with van der Waals surface area (Å²) in [5, 5.41) is 0. The van der Waals surface area contributed by atoms with E-state index in [4.69, 9.17) is 4.74 Å². The first-order valence-electron chi connectivity index (χ1n) is 11.3. The summed E-state index contributed by atoms with van der Waals surface area (Å²) in [6, 6.07) is 8.66. The molecule has 3 aliphatic rings. The van der Waals surface area contributed by atoms with Crippen LogP contribution in [0, 0.1) is 12.8 Å². The number of benzene rings is 1. The molecule has 2 saturated heterocycles. The SMILES string of the molecule is COc1cccc(C23CCN(C)CC2Cc2c([nH]c(C(=O)N4CCCC4)c2C)C3)c1. The molecule has 2 unspecified atom stereocenters. The monoisotopic (exact) mass is 407 g/mol. The van der Waals surface area contributed by atoms with E-state index in [0.717, 1.165) is 69.7 Å². The number of amides is 1. The van der Waals surface area contributed by atoms with Crippen LogP contribution in [0.1, 0.15) is 52.1 Å². The molecule has 1 amide bonds. The number of nitrogens with one attached hydrogen (secondary N) is 1. The zero-order valence-corrected chi connectivity index (χ0v) is 18.5. The lowest BCUT2D eigenvalue weighted by Gasteiger charge is -2.50. The van der Waals surface area contributed by atoms with Gasteiger partial charge in [0.2, 0.25) is 0 Å². The first-order valence-corrected chi connectivity index (χ1v) is 11.3. The Kier molecular flexibility index (Phi) is 4.89. The van der Waals surface area contributed by atoms with E-state index in [2.05, 4.69) is 42.1 Å². The zero-order chi connectivity index (χ0) is 20.9. The van der Waals surface area contributed by atoms with Gasteiger partial charge in [-0.15, -0.1) is 0 Å². The number of piperidine rings is 1. The van der Waals surface area contributed by atoms with Crippen LogP contribution in [-0.4, -0.2) is 61.0 Å². The second kappa shape index (κ2) is 7.45. The van der Waals surface area contributed by atoms with Gasteiger partial charge in [-0.3, -0.25) is 4.79 Å². The molecule has 0 radical (unpaired) electrons. The molecular formula is C25H33N3O2. The third-order valence-electron chi connectivity index (χ3n) is 7.92. The van der Waals surface area contributed by atoms with Gasteiger partial charge in [-0.25, -0.2) is 0 Å². The van der Waals surface area contributed by atoms with Crippen molar-refractivity contribution in [3.05, 3.63) is 52.3 Å². The number of aromatic amines is 1. The van der Waals surface area contributed by atoms with E-state index in [1.165, 1.54) is 22.4 Å². The molecule has 1 aromatic carbocycles. The van der Waals surface area contributed by atoms with Gasteiger partial charge < -0.3 is 19.5 Å². The second-order valence-electron chi connectivity index (χ2n) is 9.56. The average Bonchev–Trinajstić information content (AvgIpc) is 3.41. The van der Waals surface area contributed by atoms with Crippen LogP contribution in [0.4, 0.5) is 0 Å². The summed E-state index contributed by atoms with van der Waals surface area (Å²) in [6.07, 6.45) is 5.39. The molecular weight excluding hydrogens is 374 g/mol. The lowest BCUT2D eigenvalue weighted by atomic mass is 9.58. The number of H-pyrrole nitrogens is 1. The number of carbonyl (C=O) groups is 1. The fourth-order valence-electron chi connectivity index (χ4n) is 6.12. The number of ether oxygens (including phenoxy) is 1. The van der Waals surface area contributed by atoms with Crippen molar-refractivity contribution in [3.8, 4) is 5.75 Å². The van der Waals surface area contributed by atoms with E-state index >= 15 is 0 Å². The molecule has 2 aromatic rings. The molecule has 5 rings (SSSR count). The smallest absolute Gasteiger partial charge is 0.270 e. The molecule has 160 valence electrons. The Morgan fingerprint density at radius 2 is 2.03 bits per heavy atom. The Morgan fingerprint density at radius 3 is 2.80 bits per heavy atom. The van der Waals surface area contributed by atoms with Gasteiger partial charge in [-0.1, -0.05) is 12.1 Å². The third kappa shape index (κ3) is 3.06. The Hall–Kier alpha value is -2.27. The molecule has 30 heavy (non-hydrogen) atoms. The third-order valence-corrected chi connectivity index (χ3v) is 7.92. The molecule has 0 spiro atoms. The van der Waals surface area contributed by atoms with E-state index < -0.39 is 0 Å². The van der Waals surface area contributed by atoms with Gasteiger partial charge in [0, 0.05) is 30.7 Å². The van der Waals surface area contributed by atoms with Gasteiger partial charge in [0.1, 0.15) is 11.4 Å². The Morgan fingerprint density at radius 1 is 1.23 bits per heavy atom.